The Hall–Kier alpha value is -3.91. The third-order valence-electron chi connectivity index (χ3n) is 7.13. The van der Waals surface area contributed by atoms with Gasteiger partial charge in [-0.25, -0.2) is 0 Å². The van der Waals surface area contributed by atoms with Gasteiger partial charge in [-0.1, -0.05) is 43.3 Å². The summed E-state index contributed by atoms with van der Waals surface area (Å²) in [7, 11) is 4.80. The summed E-state index contributed by atoms with van der Waals surface area (Å²) in [6.45, 7) is 5.34. The molecular formula is C30H36N4O4. The van der Waals surface area contributed by atoms with Crippen LogP contribution in [0.15, 0.2) is 67.0 Å². The van der Waals surface area contributed by atoms with Crippen LogP contribution in [0.4, 0.5) is 0 Å². The van der Waals surface area contributed by atoms with E-state index in [-0.39, 0.29) is 11.8 Å². The number of carbonyl (C=O) groups is 2. The van der Waals surface area contributed by atoms with Crippen LogP contribution in [0.1, 0.15) is 52.4 Å². The van der Waals surface area contributed by atoms with Gasteiger partial charge in [0.2, 0.25) is 5.91 Å². The van der Waals surface area contributed by atoms with E-state index < -0.39 is 12.0 Å². The highest BCUT2D eigenvalue weighted by Crippen LogP contribution is 2.45. The minimum absolute atomic E-state index is 0.141. The van der Waals surface area contributed by atoms with Gasteiger partial charge in [0.25, 0.3) is 5.91 Å². The molecule has 0 spiro atoms. The number of likely N-dealkylation sites (N-methyl/N-ethyl adjacent to an activating group) is 1. The van der Waals surface area contributed by atoms with Crippen molar-refractivity contribution in [1.82, 2.24) is 20.1 Å². The van der Waals surface area contributed by atoms with E-state index in [0.29, 0.717) is 29.2 Å². The molecule has 0 saturated heterocycles. The number of fused-ring (bicyclic) bond motifs is 1. The van der Waals surface area contributed by atoms with Crippen molar-refractivity contribution in [2.24, 2.45) is 0 Å². The van der Waals surface area contributed by atoms with Gasteiger partial charge in [0.1, 0.15) is 0 Å². The van der Waals surface area contributed by atoms with Gasteiger partial charge in [0, 0.05) is 44.6 Å². The number of carbonyl (C=O) groups excluding carboxylic acids is 2. The van der Waals surface area contributed by atoms with Gasteiger partial charge in [-0.05, 0) is 47.9 Å². The molecular weight excluding hydrogens is 480 g/mol. The number of ether oxygens (including phenoxy) is 2. The fourth-order valence-corrected chi connectivity index (χ4v) is 5.11. The Morgan fingerprint density at radius 3 is 2.47 bits per heavy atom. The first-order chi connectivity index (χ1) is 18.5. The second-order valence-electron chi connectivity index (χ2n) is 9.42. The molecule has 8 heteroatoms. The van der Waals surface area contributed by atoms with E-state index in [1.165, 1.54) is 12.7 Å². The first-order valence-corrected chi connectivity index (χ1v) is 13.0. The van der Waals surface area contributed by atoms with E-state index in [1.807, 2.05) is 18.2 Å². The Balaban J connectivity index is 1.55. The number of amides is 2. The van der Waals surface area contributed by atoms with Crippen LogP contribution in [0.25, 0.3) is 0 Å². The summed E-state index contributed by atoms with van der Waals surface area (Å²) < 4.78 is 11.0. The summed E-state index contributed by atoms with van der Waals surface area (Å²) in [6, 6.07) is 17.0. The van der Waals surface area contributed by atoms with Gasteiger partial charge in [0.15, 0.2) is 11.5 Å². The van der Waals surface area contributed by atoms with Crippen LogP contribution < -0.4 is 14.8 Å². The summed E-state index contributed by atoms with van der Waals surface area (Å²) in [5.41, 5.74) is 3.12. The van der Waals surface area contributed by atoms with Gasteiger partial charge >= 0.3 is 0 Å². The molecule has 0 bridgehead atoms. The molecule has 2 heterocycles. The number of methoxy groups -OCH3 is 2. The maximum Gasteiger partial charge on any atom is 0.254 e. The molecule has 0 fully saturated rings. The molecule has 1 aliphatic rings. The lowest BCUT2D eigenvalue weighted by atomic mass is 9.79. The van der Waals surface area contributed by atoms with Crippen molar-refractivity contribution in [3.63, 3.8) is 0 Å². The zero-order chi connectivity index (χ0) is 27.1. The van der Waals surface area contributed by atoms with Gasteiger partial charge in [-0.15, -0.1) is 0 Å². The van der Waals surface area contributed by atoms with Crippen LogP contribution in [-0.2, 0) is 11.3 Å². The molecule has 0 radical (unpaired) electrons. The lowest BCUT2D eigenvalue weighted by Crippen LogP contribution is -2.46. The number of rotatable bonds is 11. The van der Waals surface area contributed by atoms with Crippen LogP contribution >= 0.6 is 0 Å². The number of hydrogen-bond acceptors (Lipinski definition) is 6. The second-order valence-corrected chi connectivity index (χ2v) is 9.42. The minimum atomic E-state index is -0.636. The molecule has 1 aliphatic heterocycles. The van der Waals surface area contributed by atoms with Crippen molar-refractivity contribution in [2.45, 2.75) is 31.8 Å². The lowest BCUT2D eigenvalue weighted by molar-refractivity contribution is -0.124. The van der Waals surface area contributed by atoms with E-state index in [2.05, 4.69) is 46.4 Å². The number of hydrogen-bond donors (Lipinski definition) is 1. The Kier molecular flexibility index (Phi) is 8.97. The molecule has 0 unspecified atom stereocenters. The molecule has 4 rings (SSSR count). The Bertz CT molecular complexity index is 1240. The summed E-state index contributed by atoms with van der Waals surface area (Å²) in [6.07, 6.45) is 4.20. The zero-order valence-electron chi connectivity index (χ0n) is 22.5. The predicted octanol–water partition coefficient (Wildman–Crippen LogP) is 4.04. The third kappa shape index (κ3) is 5.81. The monoisotopic (exact) mass is 516 g/mol. The van der Waals surface area contributed by atoms with Gasteiger partial charge in [-0.2, -0.15) is 0 Å². The number of pyridine rings is 1. The van der Waals surface area contributed by atoms with Gasteiger partial charge < -0.3 is 19.7 Å². The summed E-state index contributed by atoms with van der Waals surface area (Å²) in [5, 5.41) is 3.14. The van der Waals surface area contributed by atoms with Gasteiger partial charge in [-0.3, -0.25) is 19.5 Å². The average Bonchev–Trinajstić information content (AvgIpc) is 2.96. The molecule has 2 atom stereocenters. The Morgan fingerprint density at radius 2 is 1.82 bits per heavy atom. The summed E-state index contributed by atoms with van der Waals surface area (Å²) in [4.78, 5) is 35.5. The smallest absolute Gasteiger partial charge is 0.254 e. The SMILES string of the molecule is CCN(CCCNC(=O)[C@@H]1c2cc(OC)c(OC)cc2C(=O)N(C)[C@@H]1c1cccnc1)Cc1ccccc1. The fraction of sp³-hybridized carbons (Fsp3) is 0.367. The standard InChI is InChI=1S/C30H36N4O4/c1-5-34(20-21-11-7-6-8-12-21)16-10-15-32-29(35)27-23-17-25(37-3)26(38-4)18-24(23)30(36)33(2)28(27)22-13-9-14-31-19-22/h6-9,11-14,17-19,27-28H,5,10,15-16,20H2,1-4H3,(H,32,35)/t27-,28-/m1/s1. The molecule has 2 amide bonds. The van der Waals surface area contributed by atoms with Crippen LogP contribution in [0.2, 0.25) is 0 Å². The molecule has 200 valence electrons. The van der Waals surface area contributed by atoms with E-state index in [0.717, 1.165) is 31.6 Å². The van der Waals surface area contributed by atoms with Crippen molar-refractivity contribution in [2.75, 3.05) is 40.9 Å². The third-order valence-corrected chi connectivity index (χ3v) is 7.13. The highest BCUT2D eigenvalue weighted by Gasteiger charge is 2.43. The topological polar surface area (TPSA) is 84.0 Å². The van der Waals surface area contributed by atoms with Crippen molar-refractivity contribution < 1.29 is 19.1 Å². The maximum atomic E-state index is 13.8. The number of aromatic nitrogens is 1. The molecule has 0 saturated carbocycles. The average molecular weight is 517 g/mol. The predicted molar refractivity (Wildman–Crippen MR) is 146 cm³/mol. The second kappa shape index (κ2) is 12.6. The van der Waals surface area contributed by atoms with Crippen LogP contribution in [0, 0.1) is 0 Å². The normalized spacial score (nSPS) is 16.8. The van der Waals surface area contributed by atoms with E-state index in [9.17, 15) is 9.59 Å². The Labute approximate surface area is 224 Å². The zero-order valence-corrected chi connectivity index (χ0v) is 22.5. The molecule has 2 aromatic carbocycles. The summed E-state index contributed by atoms with van der Waals surface area (Å²) in [5.74, 6) is -0.0321. The number of benzene rings is 2. The molecule has 1 aromatic heterocycles. The van der Waals surface area contributed by atoms with Crippen molar-refractivity contribution in [1.29, 1.82) is 0 Å². The van der Waals surface area contributed by atoms with Crippen molar-refractivity contribution in [3.05, 3.63) is 89.2 Å². The number of nitrogens with one attached hydrogen (secondary N) is 1. The fourth-order valence-electron chi connectivity index (χ4n) is 5.11. The maximum absolute atomic E-state index is 13.8. The van der Waals surface area contributed by atoms with Crippen molar-refractivity contribution in [3.8, 4) is 11.5 Å². The number of nitrogens with zero attached hydrogens (tertiary/aromatic N) is 3. The van der Waals surface area contributed by atoms with Gasteiger partial charge in [0.05, 0.1) is 26.2 Å². The Morgan fingerprint density at radius 1 is 1.08 bits per heavy atom. The van der Waals surface area contributed by atoms with E-state index >= 15 is 0 Å². The molecule has 3 aromatic rings. The van der Waals surface area contributed by atoms with E-state index in [1.54, 1.807) is 43.6 Å². The minimum Gasteiger partial charge on any atom is -0.493 e. The molecule has 8 nitrogen and oxygen atoms in total. The highest BCUT2D eigenvalue weighted by atomic mass is 16.5. The first kappa shape index (κ1) is 27.1. The first-order valence-electron chi connectivity index (χ1n) is 13.0. The van der Waals surface area contributed by atoms with Crippen molar-refractivity contribution >= 4 is 11.8 Å². The molecule has 1 N–H and O–H groups in total. The molecule has 38 heavy (non-hydrogen) atoms. The largest absolute Gasteiger partial charge is 0.493 e. The lowest BCUT2D eigenvalue weighted by Gasteiger charge is -2.40. The molecule has 0 aliphatic carbocycles. The summed E-state index contributed by atoms with van der Waals surface area (Å²) >= 11 is 0. The van der Waals surface area contributed by atoms with Crippen LogP contribution in [0.3, 0.4) is 0 Å². The van der Waals surface area contributed by atoms with E-state index in [4.69, 9.17) is 9.47 Å². The van der Waals surface area contributed by atoms with Crippen LogP contribution in [0.5, 0.6) is 11.5 Å². The van der Waals surface area contributed by atoms with Crippen LogP contribution in [-0.4, -0.2) is 67.5 Å². The quantitative estimate of drug-likeness (QED) is 0.388. The highest BCUT2D eigenvalue weighted by molar-refractivity contribution is 6.02.